The van der Waals surface area contributed by atoms with Gasteiger partial charge in [-0.15, -0.1) is 0 Å². The molecule has 0 heterocycles. The number of rotatable bonds is 6. The van der Waals surface area contributed by atoms with Crippen molar-refractivity contribution in [3.63, 3.8) is 0 Å². The topological polar surface area (TPSA) is 87.3 Å². The van der Waals surface area contributed by atoms with Crippen molar-refractivity contribution < 1.29 is 14.4 Å². The first-order valence-electron chi connectivity index (χ1n) is 9.61. The van der Waals surface area contributed by atoms with E-state index >= 15 is 0 Å². The van der Waals surface area contributed by atoms with E-state index in [4.69, 9.17) is 0 Å². The minimum atomic E-state index is -0.438. The molecular weight excluding hydrogens is 366 g/mol. The first kappa shape index (κ1) is 20.3. The molecule has 0 atom stereocenters. The third-order valence-corrected chi connectivity index (χ3v) is 4.75. The minimum absolute atomic E-state index is 0.00922. The second kappa shape index (κ2) is 8.73. The van der Waals surface area contributed by atoms with Crippen molar-refractivity contribution in [3.05, 3.63) is 64.9 Å². The molecule has 0 unspecified atom stereocenters. The van der Waals surface area contributed by atoms with Crippen LogP contribution in [0.3, 0.4) is 0 Å². The van der Waals surface area contributed by atoms with Crippen molar-refractivity contribution in [1.82, 2.24) is 5.32 Å². The molecular formula is C23H25N3O3. The Morgan fingerprint density at radius 2 is 1.69 bits per heavy atom. The standard InChI is InChI=1S/C23H25N3O3/c1-14-6-4-5-7-18(14)12-21(24-16(3)27)23(29)25-19-11-8-15(2)20(13-19)26-22(28)17-9-10-17/h4-8,11-13,17H,9-10H2,1-3H3,(H,24,27)(H,25,29)(H,26,28)/b21-12-. The predicted octanol–water partition coefficient (Wildman–Crippen LogP) is 3.77. The van der Waals surface area contributed by atoms with Gasteiger partial charge in [-0.05, 0) is 61.6 Å². The maximum absolute atomic E-state index is 12.8. The van der Waals surface area contributed by atoms with Crippen LogP contribution in [0, 0.1) is 19.8 Å². The number of hydrogen-bond donors (Lipinski definition) is 3. The lowest BCUT2D eigenvalue weighted by molar-refractivity contribution is -0.120. The largest absolute Gasteiger partial charge is 0.326 e. The van der Waals surface area contributed by atoms with Gasteiger partial charge in [0.25, 0.3) is 5.91 Å². The van der Waals surface area contributed by atoms with Crippen LogP contribution in [-0.2, 0) is 14.4 Å². The molecule has 0 bridgehead atoms. The summed E-state index contributed by atoms with van der Waals surface area (Å²) >= 11 is 0. The van der Waals surface area contributed by atoms with E-state index in [0.29, 0.717) is 11.4 Å². The van der Waals surface area contributed by atoms with Gasteiger partial charge in [-0.1, -0.05) is 30.3 Å². The lowest BCUT2D eigenvalue weighted by Gasteiger charge is -2.13. The molecule has 6 nitrogen and oxygen atoms in total. The van der Waals surface area contributed by atoms with E-state index in [0.717, 1.165) is 29.5 Å². The normalized spacial score (nSPS) is 13.6. The fourth-order valence-corrected chi connectivity index (χ4v) is 2.87. The van der Waals surface area contributed by atoms with Gasteiger partial charge in [-0.3, -0.25) is 14.4 Å². The number of carbonyl (C=O) groups is 3. The molecule has 3 N–H and O–H groups in total. The van der Waals surface area contributed by atoms with E-state index in [1.165, 1.54) is 6.92 Å². The van der Waals surface area contributed by atoms with Gasteiger partial charge in [0.1, 0.15) is 5.70 Å². The Kier molecular flexibility index (Phi) is 6.12. The van der Waals surface area contributed by atoms with Gasteiger partial charge in [0.2, 0.25) is 11.8 Å². The molecule has 29 heavy (non-hydrogen) atoms. The summed E-state index contributed by atoms with van der Waals surface area (Å²) in [6.45, 7) is 5.19. The van der Waals surface area contributed by atoms with Crippen LogP contribution in [0.25, 0.3) is 6.08 Å². The van der Waals surface area contributed by atoms with Crippen LogP contribution in [0.4, 0.5) is 11.4 Å². The molecule has 0 aromatic heterocycles. The van der Waals surface area contributed by atoms with Crippen LogP contribution in [0.1, 0.15) is 36.5 Å². The van der Waals surface area contributed by atoms with Gasteiger partial charge in [-0.2, -0.15) is 0 Å². The molecule has 0 saturated heterocycles. The first-order valence-corrected chi connectivity index (χ1v) is 9.61. The third kappa shape index (κ3) is 5.54. The lowest BCUT2D eigenvalue weighted by Crippen LogP contribution is -2.29. The summed E-state index contributed by atoms with van der Waals surface area (Å²) in [6.07, 6.45) is 3.49. The Morgan fingerprint density at radius 3 is 2.34 bits per heavy atom. The molecule has 1 aliphatic rings. The van der Waals surface area contributed by atoms with Gasteiger partial charge in [0, 0.05) is 24.2 Å². The fourth-order valence-electron chi connectivity index (χ4n) is 2.87. The van der Waals surface area contributed by atoms with E-state index in [9.17, 15) is 14.4 Å². The second-order valence-electron chi connectivity index (χ2n) is 7.34. The Bertz CT molecular complexity index is 991. The van der Waals surface area contributed by atoms with Crippen molar-refractivity contribution in [2.75, 3.05) is 10.6 Å². The summed E-state index contributed by atoms with van der Waals surface area (Å²) in [5.41, 5.74) is 4.10. The van der Waals surface area contributed by atoms with Crippen molar-refractivity contribution in [1.29, 1.82) is 0 Å². The van der Waals surface area contributed by atoms with Crippen molar-refractivity contribution in [3.8, 4) is 0 Å². The highest BCUT2D eigenvalue weighted by molar-refractivity contribution is 6.09. The minimum Gasteiger partial charge on any atom is -0.326 e. The van der Waals surface area contributed by atoms with Crippen LogP contribution >= 0.6 is 0 Å². The van der Waals surface area contributed by atoms with Crippen molar-refractivity contribution in [2.45, 2.75) is 33.6 Å². The molecule has 2 aromatic rings. The highest BCUT2D eigenvalue weighted by Gasteiger charge is 2.29. The maximum Gasteiger partial charge on any atom is 0.272 e. The molecule has 3 rings (SSSR count). The summed E-state index contributed by atoms with van der Waals surface area (Å²) in [5, 5.41) is 8.32. The number of amides is 3. The number of carbonyl (C=O) groups excluding carboxylic acids is 3. The lowest BCUT2D eigenvalue weighted by atomic mass is 10.1. The molecule has 3 amide bonds. The smallest absolute Gasteiger partial charge is 0.272 e. The quantitative estimate of drug-likeness (QED) is 0.655. The van der Waals surface area contributed by atoms with Crippen LogP contribution in [-0.4, -0.2) is 17.7 Å². The number of nitrogens with one attached hydrogen (secondary N) is 3. The van der Waals surface area contributed by atoms with Crippen molar-refractivity contribution >= 4 is 35.2 Å². The zero-order chi connectivity index (χ0) is 21.0. The maximum atomic E-state index is 12.8. The Morgan fingerprint density at radius 1 is 0.966 bits per heavy atom. The summed E-state index contributed by atoms with van der Waals surface area (Å²) in [6, 6.07) is 12.9. The molecule has 0 aliphatic heterocycles. The Labute approximate surface area is 170 Å². The highest BCUT2D eigenvalue weighted by Crippen LogP contribution is 2.31. The van der Waals surface area contributed by atoms with Gasteiger partial charge in [0.15, 0.2) is 0 Å². The van der Waals surface area contributed by atoms with E-state index in [-0.39, 0.29) is 23.4 Å². The number of anilines is 2. The van der Waals surface area contributed by atoms with Crippen LogP contribution in [0.2, 0.25) is 0 Å². The molecule has 0 spiro atoms. The van der Waals surface area contributed by atoms with Gasteiger partial charge in [0.05, 0.1) is 0 Å². The summed E-state index contributed by atoms with van der Waals surface area (Å²) in [7, 11) is 0. The molecule has 1 aliphatic carbocycles. The third-order valence-electron chi connectivity index (χ3n) is 4.75. The van der Waals surface area contributed by atoms with Gasteiger partial charge in [-0.25, -0.2) is 0 Å². The van der Waals surface area contributed by atoms with E-state index in [1.54, 1.807) is 18.2 Å². The monoisotopic (exact) mass is 391 g/mol. The molecule has 1 fully saturated rings. The van der Waals surface area contributed by atoms with E-state index < -0.39 is 5.91 Å². The average molecular weight is 391 g/mol. The Hall–Kier alpha value is -3.41. The number of aryl methyl sites for hydroxylation is 2. The second-order valence-corrected chi connectivity index (χ2v) is 7.34. The summed E-state index contributed by atoms with van der Waals surface area (Å²) < 4.78 is 0. The molecule has 1 saturated carbocycles. The van der Waals surface area contributed by atoms with E-state index in [1.807, 2.05) is 44.2 Å². The average Bonchev–Trinajstić information content (AvgIpc) is 3.50. The zero-order valence-electron chi connectivity index (χ0n) is 16.8. The number of benzene rings is 2. The van der Waals surface area contributed by atoms with E-state index in [2.05, 4.69) is 16.0 Å². The summed E-state index contributed by atoms with van der Waals surface area (Å²) in [5.74, 6) is -0.668. The van der Waals surface area contributed by atoms with Crippen molar-refractivity contribution in [2.24, 2.45) is 5.92 Å². The molecule has 150 valence electrons. The summed E-state index contributed by atoms with van der Waals surface area (Å²) in [4.78, 5) is 36.5. The molecule has 0 radical (unpaired) electrons. The first-order chi connectivity index (χ1) is 13.8. The zero-order valence-corrected chi connectivity index (χ0v) is 16.8. The van der Waals surface area contributed by atoms with Crippen LogP contribution in [0.15, 0.2) is 48.2 Å². The highest BCUT2D eigenvalue weighted by atomic mass is 16.2. The predicted molar refractivity (Wildman–Crippen MR) is 114 cm³/mol. The molecule has 2 aromatic carbocycles. The van der Waals surface area contributed by atoms with Crippen LogP contribution < -0.4 is 16.0 Å². The van der Waals surface area contributed by atoms with Gasteiger partial charge < -0.3 is 16.0 Å². The SMILES string of the molecule is CC(=O)N/C(=C\c1ccccc1C)C(=O)Nc1ccc(C)c(NC(=O)C2CC2)c1. The van der Waals surface area contributed by atoms with Crippen LogP contribution in [0.5, 0.6) is 0 Å². The fraction of sp³-hybridized carbons (Fsp3) is 0.261. The van der Waals surface area contributed by atoms with Gasteiger partial charge >= 0.3 is 0 Å². The Balaban J connectivity index is 1.81. The number of hydrogen-bond acceptors (Lipinski definition) is 3. The molecule has 6 heteroatoms.